The Labute approximate surface area is 67.2 Å². The molecule has 0 atom stereocenters. The van der Waals surface area contributed by atoms with Gasteiger partial charge >= 0.3 is 0 Å². The Morgan fingerprint density at radius 3 is 2.40 bits per heavy atom. The zero-order valence-electron chi connectivity index (χ0n) is 6.68. The molecule has 60 valence electrons. The van der Waals surface area contributed by atoms with E-state index in [1.165, 1.54) is 0 Å². The number of hydrogen-bond donors (Lipinski definition) is 1. The average molecular weight is 162 g/mol. The predicted octanol–water partition coefficient (Wildman–Crippen LogP) is 1.37. The fraction of sp³-hybridized carbons (Fsp3) is 0.857. The summed E-state index contributed by atoms with van der Waals surface area (Å²) >= 11 is 4.71. The van der Waals surface area contributed by atoms with Crippen molar-refractivity contribution in [2.24, 2.45) is 5.41 Å². The minimum atomic E-state index is -0.180. The molecule has 0 aliphatic carbocycles. The maximum Gasteiger partial charge on any atom is 0.156 e. The second-order valence-electron chi connectivity index (χ2n) is 3.10. The molecule has 3 heteroatoms. The van der Waals surface area contributed by atoms with Gasteiger partial charge in [0.15, 0.2) is 5.05 Å². The van der Waals surface area contributed by atoms with Crippen LogP contribution in [-0.2, 0) is 4.74 Å². The normalized spacial score (nSPS) is 11.2. The summed E-state index contributed by atoms with van der Waals surface area (Å²) < 4.78 is 5.07. The molecule has 0 aliphatic heterocycles. The van der Waals surface area contributed by atoms with Gasteiger partial charge in [0.2, 0.25) is 0 Å². The van der Waals surface area contributed by atoms with Gasteiger partial charge in [0.25, 0.3) is 0 Å². The minimum absolute atomic E-state index is 0.121. The minimum Gasteiger partial charge on any atom is -0.487 e. The van der Waals surface area contributed by atoms with Crippen LogP contribution in [0.15, 0.2) is 0 Å². The number of hydrogen-bond acceptors (Lipinski definition) is 3. The summed E-state index contributed by atoms with van der Waals surface area (Å²) in [4.78, 5) is 0. The van der Waals surface area contributed by atoms with Crippen LogP contribution in [0.1, 0.15) is 20.8 Å². The van der Waals surface area contributed by atoms with E-state index in [1.54, 1.807) is 6.92 Å². The highest BCUT2D eigenvalue weighted by Gasteiger charge is 2.16. The van der Waals surface area contributed by atoms with Crippen molar-refractivity contribution in [2.45, 2.75) is 20.8 Å². The van der Waals surface area contributed by atoms with Crippen molar-refractivity contribution in [1.29, 1.82) is 0 Å². The quantitative estimate of drug-likeness (QED) is 0.635. The molecule has 0 amide bonds. The lowest BCUT2D eigenvalue weighted by atomic mass is 9.97. The molecular formula is C7H14O2S. The van der Waals surface area contributed by atoms with Crippen LogP contribution in [-0.4, -0.2) is 23.4 Å². The molecule has 0 saturated heterocycles. The fourth-order valence-electron chi connectivity index (χ4n) is 0.343. The zero-order valence-corrected chi connectivity index (χ0v) is 7.49. The first-order chi connectivity index (χ1) is 4.48. The molecule has 0 aromatic heterocycles. The third-order valence-electron chi connectivity index (χ3n) is 1.09. The van der Waals surface area contributed by atoms with Gasteiger partial charge in [0.1, 0.15) is 0 Å². The Morgan fingerprint density at radius 1 is 1.60 bits per heavy atom. The van der Waals surface area contributed by atoms with Crippen LogP contribution in [0, 0.1) is 5.41 Å². The van der Waals surface area contributed by atoms with Crippen molar-refractivity contribution in [3.05, 3.63) is 0 Å². The molecule has 0 aromatic carbocycles. The standard InChI is InChI=1S/C7H14O2S/c1-6(10)9-5-7(2,3)4-8/h8H,4-5H2,1-3H3. The maximum absolute atomic E-state index is 8.78. The van der Waals surface area contributed by atoms with E-state index in [2.05, 4.69) is 0 Å². The lowest BCUT2D eigenvalue weighted by Crippen LogP contribution is -2.24. The van der Waals surface area contributed by atoms with Crippen LogP contribution in [0.25, 0.3) is 0 Å². The van der Waals surface area contributed by atoms with Gasteiger partial charge in [-0.05, 0) is 12.2 Å². The monoisotopic (exact) mass is 162 g/mol. The zero-order chi connectivity index (χ0) is 8.20. The number of rotatable bonds is 3. The second kappa shape index (κ2) is 3.88. The molecule has 0 fully saturated rings. The van der Waals surface area contributed by atoms with E-state index in [9.17, 15) is 0 Å². The summed E-state index contributed by atoms with van der Waals surface area (Å²) in [6.07, 6.45) is 0. The van der Waals surface area contributed by atoms with E-state index < -0.39 is 0 Å². The molecule has 2 nitrogen and oxygen atoms in total. The smallest absolute Gasteiger partial charge is 0.156 e. The Bertz CT molecular complexity index is 121. The van der Waals surface area contributed by atoms with Crippen molar-refractivity contribution in [3.8, 4) is 0 Å². The predicted molar refractivity (Wildman–Crippen MR) is 45.1 cm³/mol. The van der Waals surface area contributed by atoms with Crippen LogP contribution >= 0.6 is 12.2 Å². The van der Waals surface area contributed by atoms with Crippen LogP contribution < -0.4 is 0 Å². The number of ether oxygens (including phenoxy) is 1. The largest absolute Gasteiger partial charge is 0.487 e. The number of aliphatic hydroxyl groups is 1. The third kappa shape index (κ3) is 4.70. The topological polar surface area (TPSA) is 29.5 Å². The van der Waals surface area contributed by atoms with Gasteiger partial charge < -0.3 is 9.84 Å². The molecule has 0 aromatic rings. The first-order valence-electron chi connectivity index (χ1n) is 3.22. The summed E-state index contributed by atoms with van der Waals surface area (Å²) in [6, 6.07) is 0. The van der Waals surface area contributed by atoms with Gasteiger partial charge in [-0.2, -0.15) is 0 Å². The highest BCUT2D eigenvalue weighted by Crippen LogP contribution is 2.13. The highest BCUT2D eigenvalue weighted by atomic mass is 32.1. The summed E-state index contributed by atoms with van der Waals surface area (Å²) in [5, 5.41) is 9.31. The number of aliphatic hydroxyl groups excluding tert-OH is 1. The molecule has 1 N–H and O–H groups in total. The van der Waals surface area contributed by atoms with Crippen LogP contribution in [0.5, 0.6) is 0 Å². The summed E-state index contributed by atoms with van der Waals surface area (Å²) in [6.45, 7) is 6.17. The lowest BCUT2D eigenvalue weighted by Gasteiger charge is -2.20. The molecule has 10 heavy (non-hydrogen) atoms. The van der Waals surface area contributed by atoms with Crippen molar-refractivity contribution >= 4 is 17.3 Å². The van der Waals surface area contributed by atoms with Crippen molar-refractivity contribution in [3.63, 3.8) is 0 Å². The third-order valence-corrected chi connectivity index (χ3v) is 1.21. The Morgan fingerprint density at radius 2 is 2.10 bits per heavy atom. The van der Waals surface area contributed by atoms with Crippen LogP contribution in [0.3, 0.4) is 0 Å². The SMILES string of the molecule is CC(=S)OCC(C)(C)CO. The van der Waals surface area contributed by atoms with E-state index in [0.29, 0.717) is 11.7 Å². The van der Waals surface area contributed by atoms with Crippen LogP contribution in [0.2, 0.25) is 0 Å². The molecule has 0 heterocycles. The highest BCUT2D eigenvalue weighted by molar-refractivity contribution is 7.80. The van der Waals surface area contributed by atoms with Gasteiger partial charge in [-0.1, -0.05) is 13.8 Å². The first kappa shape index (κ1) is 9.85. The van der Waals surface area contributed by atoms with Gasteiger partial charge in [0, 0.05) is 12.3 Å². The molecule has 0 rings (SSSR count). The molecule has 0 unspecified atom stereocenters. The fourth-order valence-corrected chi connectivity index (χ4v) is 0.402. The molecular weight excluding hydrogens is 148 g/mol. The molecule has 0 aliphatic rings. The average Bonchev–Trinajstić information content (AvgIpc) is 1.85. The van der Waals surface area contributed by atoms with Gasteiger partial charge in [0.05, 0.1) is 13.2 Å². The lowest BCUT2D eigenvalue weighted by molar-refractivity contribution is 0.0934. The summed E-state index contributed by atoms with van der Waals surface area (Å²) in [5.74, 6) is 0. The van der Waals surface area contributed by atoms with Crippen LogP contribution in [0.4, 0.5) is 0 Å². The molecule has 0 spiro atoms. The van der Waals surface area contributed by atoms with E-state index in [4.69, 9.17) is 22.1 Å². The van der Waals surface area contributed by atoms with Gasteiger partial charge in [-0.25, -0.2) is 0 Å². The van der Waals surface area contributed by atoms with E-state index in [0.717, 1.165) is 0 Å². The Balaban J connectivity index is 3.56. The van der Waals surface area contributed by atoms with Gasteiger partial charge in [-0.3, -0.25) is 0 Å². The summed E-state index contributed by atoms with van der Waals surface area (Å²) in [5.41, 5.74) is -0.180. The molecule has 0 saturated carbocycles. The van der Waals surface area contributed by atoms with Crippen molar-refractivity contribution < 1.29 is 9.84 Å². The van der Waals surface area contributed by atoms with E-state index >= 15 is 0 Å². The van der Waals surface area contributed by atoms with Crippen molar-refractivity contribution in [2.75, 3.05) is 13.2 Å². The maximum atomic E-state index is 8.78. The summed E-state index contributed by atoms with van der Waals surface area (Å²) in [7, 11) is 0. The van der Waals surface area contributed by atoms with Gasteiger partial charge in [-0.15, -0.1) is 0 Å². The second-order valence-corrected chi connectivity index (χ2v) is 3.68. The Kier molecular flexibility index (Phi) is 3.83. The van der Waals surface area contributed by atoms with E-state index in [-0.39, 0.29) is 12.0 Å². The first-order valence-corrected chi connectivity index (χ1v) is 3.63. The van der Waals surface area contributed by atoms with Crippen molar-refractivity contribution in [1.82, 2.24) is 0 Å². The number of thiocarbonyl (C=S) groups is 1. The molecule has 0 bridgehead atoms. The van der Waals surface area contributed by atoms with E-state index in [1.807, 2.05) is 13.8 Å². The molecule has 0 radical (unpaired) electrons. The Hall–Kier alpha value is -0.150.